The number of hydrogen-bond acceptors (Lipinski definition) is 5. The van der Waals surface area contributed by atoms with E-state index in [0.717, 1.165) is 12.0 Å². The number of thiophene rings is 1. The zero-order chi connectivity index (χ0) is 14.2. The van der Waals surface area contributed by atoms with E-state index < -0.39 is 0 Å². The summed E-state index contributed by atoms with van der Waals surface area (Å²) >= 11 is 1.69. The number of anilines is 1. The van der Waals surface area contributed by atoms with Gasteiger partial charge in [-0.05, 0) is 46.0 Å². The molecule has 0 spiro atoms. The van der Waals surface area contributed by atoms with Crippen LogP contribution in [0.15, 0.2) is 41.8 Å². The zero-order valence-corrected chi connectivity index (χ0v) is 11.8. The fourth-order valence-corrected chi connectivity index (χ4v) is 3.50. The fourth-order valence-electron chi connectivity index (χ4n) is 2.70. The summed E-state index contributed by atoms with van der Waals surface area (Å²) in [7, 11) is 0. The maximum atomic E-state index is 13.5. The number of hydrogen-bond donors (Lipinski definition) is 1. The molecule has 106 valence electrons. The van der Waals surface area contributed by atoms with E-state index in [2.05, 4.69) is 26.9 Å². The van der Waals surface area contributed by atoms with Crippen LogP contribution in [-0.4, -0.2) is 20.2 Å². The first-order valence-corrected chi connectivity index (χ1v) is 7.52. The van der Waals surface area contributed by atoms with Crippen LogP contribution in [-0.2, 0) is 0 Å². The zero-order valence-electron chi connectivity index (χ0n) is 11.0. The third kappa shape index (κ3) is 2.19. The van der Waals surface area contributed by atoms with Crippen molar-refractivity contribution in [1.82, 2.24) is 20.2 Å². The lowest BCUT2D eigenvalue weighted by molar-refractivity contribution is 0.424. The molecule has 3 aromatic rings. The van der Waals surface area contributed by atoms with Crippen molar-refractivity contribution in [2.75, 3.05) is 5.32 Å². The molecule has 1 aliphatic heterocycles. The third-order valence-corrected chi connectivity index (χ3v) is 4.66. The second-order valence-corrected chi connectivity index (χ2v) is 5.95. The standard InChI is InChI=1S/C14H12FN5S/c15-10-4-1-3-9(7-10)12-8-11(13-5-2-6-21-13)16-14-17-18-19-20(12)14/h1-7,11-12H,8H2,(H,16,17,19)/t11-,12+/m0/s1. The SMILES string of the molecule is Fc1cccc([C@H]2C[C@@H](c3cccs3)Nc3nnnn32)c1. The van der Waals surface area contributed by atoms with Crippen molar-refractivity contribution in [3.8, 4) is 0 Å². The highest BCUT2D eigenvalue weighted by Crippen LogP contribution is 2.38. The molecular formula is C14H12FN5S. The van der Waals surface area contributed by atoms with Gasteiger partial charge < -0.3 is 5.32 Å². The van der Waals surface area contributed by atoms with Gasteiger partial charge in [-0.3, -0.25) is 0 Å². The van der Waals surface area contributed by atoms with E-state index in [9.17, 15) is 4.39 Å². The summed E-state index contributed by atoms with van der Waals surface area (Å²) in [6.07, 6.45) is 0.780. The number of halogens is 1. The average Bonchev–Trinajstić information content (AvgIpc) is 3.17. The van der Waals surface area contributed by atoms with Crippen LogP contribution in [0.5, 0.6) is 0 Å². The first-order valence-electron chi connectivity index (χ1n) is 6.64. The number of nitrogens with one attached hydrogen (secondary N) is 1. The molecule has 0 radical (unpaired) electrons. The van der Waals surface area contributed by atoms with Crippen LogP contribution >= 0.6 is 11.3 Å². The van der Waals surface area contributed by atoms with Gasteiger partial charge in [0.1, 0.15) is 5.82 Å². The van der Waals surface area contributed by atoms with Crippen LogP contribution in [0.4, 0.5) is 10.3 Å². The van der Waals surface area contributed by atoms with Crippen molar-refractivity contribution in [3.05, 3.63) is 58.0 Å². The maximum absolute atomic E-state index is 13.5. The van der Waals surface area contributed by atoms with Gasteiger partial charge in [-0.25, -0.2) is 9.07 Å². The number of tetrazole rings is 1. The lowest BCUT2D eigenvalue weighted by Gasteiger charge is -2.30. The van der Waals surface area contributed by atoms with Crippen molar-refractivity contribution in [1.29, 1.82) is 0 Å². The molecule has 5 nitrogen and oxygen atoms in total. The Hall–Kier alpha value is -2.28. The molecule has 0 saturated carbocycles. The van der Waals surface area contributed by atoms with Crippen LogP contribution in [0, 0.1) is 5.82 Å². The van der Waals surface area contributed by atoms with Crippen molar-refractivity contribution in [3.63, 3.8) is 0 Å². The Balaban J connectivity index is 1.76. The molecule has 2 aromatic heterocycles. The number of rotatable bonds is 2. The number of benzene rings is 1. The minimum Gasteiger partial charge on any atom is -0.345 e. The molecule has 7 heteroatoms. The Kier molecular flexibility index (Phi) is 2.92. The fraction of sp³-hybridized carbons (Fsp3) is 0.214. The summed E-state index contributed by atoms with van der Waals surface area (Å²) in [6, 6.07) is 10.8. The van der Waals surface area contributed by atoms with E-state index in [1.165, 1.54) is 10.9 Å². The quantitative estimate of drug-likeness (QED) is 0.790. The summed E-state index contributed by atoms with van der Waals surface area (Å²) < 4.78 is 15.2. The van der Waals surface area contributed by atoms with Crippen LogP contribution in [0.2, 0.25) is 0 Å². The molecule has 0 fully saturated rings. The van der Waals surface area contributed by atoms with Gasteiger partial charge in [-0.1, -0.05) is 23.3 Å². The van der Waals surface area contributed by atoms with Gasteiger partial charge in [0.05, 0.1) is 12.1 Å². The van der Waals surface area contributed by atoms with Gasteiger partial charge in [0.25, 0.3) is 0 Å². The topological polar surface area (TPSA) is 55.6 Å². The van der Waals surface area contributed by atoms with Gasteiger partial charge in [0, 0.05) is 4.88 Å². The van der Waals surface area contributed by atoms with Gasteiger partial charge in [0.15, 0.2) is 0 Å². The summed E-state index contributed by atoms with van der Waals surface area (Å²) in [5, 5.41) is 17.2. The Morgan fingerprint density at radius 3 is 3.05 bits per heavy atom. The lowest BCUT2D eigenvalue weighted by Crippen LogP contribution is -2.27. The van der Waals surface area contributed by atoms with Gasteiger partial charge in [-0.15, -0.1) is 11.3 Å². The summed E-state index contributed by atoms with van der Waals surface area (Å²) in [5.74, 6) is 0.377. The van der Waals surface area contributed by atoms with E-state index in [0.29, 0.717) is 5.95 Å². The van der Waals surface area contributed by atoms with E-state index in [1.807, 2.05) is 17.5 Å². The number of nitrogens with zero attached hydrogens (tertiary/aromatic N) is 4. The van der Waals surface area contributed by atoms with Crippen LogP contribution in [0.1, 0.15) is 28.9 Å². The molecule has 4 rings (SSSR count). The smallest absolute Gasteiger partial charge is 0.244 e. The van der Waals surface area contributed by atoms with Gasteiger partial charge in [0.2, 0.25) is 5.95 Å². The number of aromatic nitrogens is 4. The Labute approximate surface area is 124 Å². The molecule has 3 heterocycles. The summed E-state index contributed by atoms with van der Waals surface area (Å²) in [6.45, 7) is 0. The predicted molar refractivity (Wildman–Crippen MR) is 77.7 cm³/mol. The molecule has 0 bridgehead atoms. The third-order valence-electron chi connectivity index (χ3n) is 3.67. The highest BCUT2D eigenvalue weighted by molar-refractivity contribution is 7.10. The highest BCUT2D eigenvalue weighted by atomic mass is 32.1. The molecular weight excluding hydrogens is 289 g/mol. The Morgan fingerprint density at radius 2 is 2.24 bits per heavy atom. The second kappa shape index (κ2) is 4.92. The van der Waals surface area contributed by atoms with Crippen molar-refractivity contribution >= 4 is 17.3 Å². The van der Waals surface area contributed by atoms with E-state index in [-0.39, 0.29) is 17.9 Å². The van der Waals surface area contributed by atoms with Crippen molar-refractivity contribution in [2.45, 2.75) is 18.5 Å². The van der Waals surface area contributed by atoms with Crippen LogP contribution in [0.3, 0.4) is 0 Å². The normalized spacial score (nSPS) is 20.8. The molecule has 1 N–H and O–H groups in total. The van der Waals surface area contributed by atoms with Gasteiger partial charge in [-0.2, -0.15) is 0 Å². The van der Waals surface area contributed by atoms with Gasteiger partial charge >= 0.3 is 0 Å². The first-order chi connectivity index (χ1) is 10.3. The molecule has 0 amide bonds. The molecule has 0 aliphatic carbocycles. The predicted octanol–water partition coefficient (Wildman–Crippen LogP) is 3.02. The largest absolute Gasteiger partial charge is 0.345 e. The molecule has 1 aromatic carbocycles. The van der Waals surface area contributed by atoms with E-state index in [1.54, 1.807) is 28.2 Å². The first kappa shape index (κ1) is 12.5. The molecule has 2 atom stereocenters. The molecule has 0 unspecified atom stereocenters. The number of fused-ring (bicyclic) bond motifs is 1. The van der Waals surface area contributed by atoms with E-state index in [4.69, 9.17) is 0 Å². The average molecular weight is 301 g/mol. The summed E-state index contributed by atoms with van der Waals surface area (Å²) in [4.78, 5) is 1.23. The monoisotopic (exact) mass is 301 g/mol. The van der Waals surface area contributed by atoms with Crippen molar-refractivity contribution in [2.24, 2.45) is 0 Å². The highest BCUT2D eigenvalue weighted by Gasteiger charge is 2.31. The Morgan fingerprint density at radius 1 is 1.29 bits per heavy atom. The Bertz CT molecular complexity index is 754. The molecule has 0 saturated heterocycles. The van der Waals surface area contributed by atoms with Crippen LogP contribution in [0.25, 0.3) is 0 Å². The summed E-state index contributed by atoms with van der Waals surface area (Å²) in [5.41, 5.74) is 0.881. The van der Waals surface area contributed by atoms with Crippen LogP contribution < -0.4 is 5.32 Å². The molecule has 1 aliphatic rings. The van der Waals surface area contributed by atoms with Crippen molar-refractivity contribution < 1.29 is 4.39 Å². The lowest BCUT2D eigenvalue weighted by atomic mass is 9.97. The molecule has 21 heavy (non-hydrogen) atoms. The minimum absolute atomic E-state index is 0.0703. The minimum atomic E-state index is -0.242. The van der Waals surface area contributed by atoms with E-state index >= 15 is 0 Å². The maximum Gasteiger partial charge on any atom is 0.244 e. The second-order valence-electron chi connectivity index (χ2n) is 4.97.